The molecule has 0 radical (unpaired) electrons. The average Bonchev–Trinajstić information content (AvgIpc) is 2.78. The van der Waals surface area contributed by atoms with E-state index in [-0.39, 0.29) is 11.7 Å². The van der Waals surface area contributed by atoms with Crippen molar-refractivity contribution >= 4 is 11.7 Å². The highest BCUT2D eigenvalue weighted by atomic mass is 16.5. The molecule has 0 saturated heterocycles. The normalized spacial score (nSPS) is 19.3. The van der Waals surface area contributed by atoms with Gasteiger partial charge in [-0.15, -0.1) is 0 Å². The summed E-state index contributed by atoms with van der Waals surface area (Å²) in [6, 6.07) is 6.59. The van der Waals surface area contributed by atoms with Crippen molar-refractivity contribution in [2.75, 3.05) is 7.11 Å². The first kappa shape index (κ1) is 10.7. The van der Waals surface area contributed by atoms with Crippen molar-refractivity contribution in [3.05, 3.63) is 29.8 Å². The number of methoxy groups -OCH3 is 1. The van der Waals surface area contributed by atoms with E-state index in [2.05, 4.69) is 9.73 Å². The van der Waals surface area contributed by atoms with Gasteiger partial charge in [-0.2, -0.15) is 0 Å². The fraction of sp³-hybridized carbons (Fsp3) is 0.333. The number of phenolic OH excluding ortho intramolecular Hbond substituents is 1. The minimum absolute atomic E-state index is 0.201. The van der Waals surface area contributed by atoms with Crippen LogP contribution in [-0.2, 0) is 9.53 Å². The highest BCUT2D eigenvalue weighted by Gasteiger charge is 2.26. The molecule has 4 heteroatoms. The summed E-state index contributed by atoms with van der Waals surface area (Å²) in [5.41, 5.74) is 1.47. The predicted molar refractivity (Wildman–Crippen MR) is 59.7 cm³/mol. The summed E-state index contributed by atoms with van der Waals surface area (Å²) < 4.78 is 4.64. The lowest BCUT2D eigenvalue weighted by molar-refractivity contribution is -0.141. The first-order valence-corrected chi connectivity index (χ1v) is 5.15. The second-order valence-electron chi connectivity index (χ2n) is 3.67. The van der Waals surface area contributed by atoms with Crippen LogP contribution >= 0.6 is 0 Å². The third-order valence-corrected chi connectivity index (χ3v) is 2.65. The molecule has 1 aliphatic rings. The lowest BCUT2D eigenvalue weighted by Crippen LogP contribution is -2.16. The molecular weight excluding hydrogens is 206 g/mol. The third kappa shape index (κ3) is 1.91. The van der Waals surface area contributed by atoms with Crippen LogP contribution in [0.15, 0.2) is 29.3 Å². The van der Waals surface area contributed by atoms with Crippen molar-refractivity contribution < 1.29 is 14.6 Å². The van der Waals surface area contributed by atoms with Crippen LogP contribution in [0.5, 0.6) is 5.75 Å². The second-order valence-corrected chi connectivity index (χ2v) is 3.67. The van der Waals surface area contributed by atoms with E-state index in [1.165, 1.54) is 7.11 Å². The molecule has 0 aromatic heterocycles. The Morgan fingerprint density at radius 2 is 2.25 bits per heavy atom. The van der Waals surface area contributed by atoms with Gasteiger partial charge in [0.2, 0.25) is 0 Å². The molecule has 1 aromatic carbocycles. The number of carbonyl (C=O) groups excluding carboxylic acids is 1. The molecule has 1 heterocycles. The number of nitrogens with zero attached hydrogens (tertiary/aromatic N) is 1. The Labute approximate surface area is 93.6 Å². The highest BCUT2D eigenvalue weighted by molar-refractivity contribution is 6.05. The van der Waals surface area contributed by atoms with E-state index in [4.69, 9.17) is 0 Å². The van der Waals surface area contributed by atoms with Crippen LogP contribution in [0.25, 0.3) is 0 Å². The topological polar surface area (TPSA) is 58.9 Å². The number of para-hydroxylation sites is 1. The van der Waals surface area contributed by atoms with Gasteiger partial charge >= 0.3 is 5.97 Å². The zero-order valence-electron chi connectivity index (χ0n) is 9.01. The molecule has 4 nitrogen and oxygen atoms in total. The number of benzene rings is 1. The first-order valence-electron chi connectivity index (χ1n) is 5.15. The standard InChI is InChI=1S/C12H13NO3/c1-16-12(15)10-7-6-9(13-10)8-4-2-3-5-11(8)14/h2-5,10,14H,6-7H2,1H3. The number of rotatable bonds is 2. The molecule has 0 bridgehead atoms. The van der Waals surface area contributed by atoms with Crippen LogP contribution in [0, 0.1) is 0 Å². The molecule has 1 N–H and O–H groups in total. The van der Waals surface area contributed by atoms with Crippen molar-refractivity contribution in [3.63, 3.8) is 0 Å². The summed E-state index contributed by atoms with van der Waals surface area (Å²) in [5.74, 6) is -0.114. The second kappa shape index (κ2) is 4.35. The Kier molecular flexibility index (Phi) is 2.90. The van der Waals surface area contributed by atoms with Gasteiger partial charge in [-0.05, 0) is 25.0 Å². The maximum absolute atomic E-state index is 11.3. The Balaban J connectivity index is 2.25. The quantitative estimate of drug-likeness (QED) is 0.767. The SMILES string of the molecule is COC(=O)C1CCC(c2ccccc2O)=N1. The van der Waals surface area contributed by atoms with Crippen molar-refractivity contribution in [3.8, 4) is 5.75 Å². The number of hydrogen-bond acceptors (Lipinski definition) is 4. The smallest absolute Gasteiger partial charge is 0.330 e. The summed E-state index contributed by atoms with van der Waals surface area (Å²) >= 11 is 0. The summed E-state index contributed by atoms with van der Waals surface area (Å²) in [4.78, 5) is 15.6. The molecule has 0 fully saturated rings. The number of aromatic hydroxyl groups is 1. The Morgan fingerprint density at radius 1 is 1.50 bits per heavy atom. The van der Waals surface area contributed by atoms with Crippen molar-refractivity contribution in [1.29, 1.82) is 0 Å². The number of esters is 1. The fourth-order valence-corrected chi connectivity index (χ4v) is 1.82. The van der Waals surface area contributed by atoms with E-state index in [0.29, 0.717) is 18.4 Å². The zero-order chi connectivity index (χ0) is 11.5. The summed E-state index contributed by atoms with van der Waals surface area (Å²) in [7, 11) is 1.36. The summed E-state index contributed by atoms with van der Waals surface area (Å²) in [5, 5.41) is 9.66. The van der Waals surface area contributed by atoms with E-state index in [9.17, 15) is 9.90 Å². The monoisotopic (exact) mass is 219 g/mol. The minimum atomic E-state index is -0.417. The molecule has 1 atom stereocenters. The van der Waals surface area contributed by atoms with Crippen LogP contribution in [-0.4, -0.2) is 29.9 Å². The first-order chi connectivity index (χ1) is 7.72. The molecule has 16 heavy (non-hydrogen) atoms. The van der Waals surface area contributed by atoms with Gasteiger partial charge in [-0.3, -0.25) is 4.99 Å². The molecular formula is C12H13NO3. The molecule has 0 aliphatic carbocycles. The predicted octanol–water partition coefficient (Wildman–Crippen LogP) is 1.52. The lowest BCUT2D eigenvalue weighted by atomic mass is 10.1. The maximum Gasteiger partial charge on any atom is 0.330 e. The van der Waals surface area contributed by atoms with Crippen LogP contribution in [0.1, 0.15) is 18.4 Å². The van der Waals surface area contributed by atoms with Gasteiger partial charge in [0.1, 0.15) is 11.8 Å². The van der Waals surface area contributed by atoms with E-state index in [1.807, 2.05) is 6.07 Å². The number of ether oxygens (including phenoxy) is 1. The Bertz CT molecular complexity index is 440. The molecule has 0 spiro atoms. The number of hydrogen-bond donors (Lipinski definition) is 1. The van der Waals surface area contributed by atoms with Crippen LogP contribution in [0.4, 0.5) is 0 Å². The van der Waals surface area contributed by atoms with Crippen molar-refractivity contribution in [2.24, 2.45) is 4.99 Å². The summed E-state index contributed by atoms with van der Waals surface area (Å²) in [6.45, 7) is 0. The molecule has 1 aromatic rings. The number of aliphatic imine (C=N–C) groups is 1. The molecule has 0 amide bonds. The highest BCUT2D eigenvalue weighted by Crippen LogP contribution is 2.24. The fourth-order valence-electron chi connectivity index (χ4n) is 1.82. The summed E-state index contributed by atoms with van der Waals surface area (Å²) in [6.07, 6.45) is 1.34. The Hall–Kier alpha value is -1.84. The molecule has 0 saturated carbocycles. The molecule has 2 rings (SSSR count). The van der Waals surface area contributed by atoms with E-state index in [0.717, 1.165) is 5.71 Å². The lowest BCUT2D eigenvalue weighted by Gasteiger charge is -2.03. The van der Waals surface area contributed by atoms with Gasteiger partial charge in [0, 0.05) is 11.3 Å². The molecule has 1 aliphatic heterocycles. The van der Waals surface area contributed by atoms with Gasteiger partial charge in [-0.25, -0.2) is 4.79 Å². The molecule has 84 valence electrons. The average molecular weight is 219 g/mol. The minimum Gasteiger partial charge on any atom is -0.507 e. The van der Waals surface area contributed by atoms with Crippen LogP contribution in [0.3, 0.4) is 0 Å². The van der Waals surface area contributed by atoms with E-state index in [1.54, 1.807) is 18.2 Å². The van der Waals surface area contributed by atoms with E-state index >= 15 is 0 Å². The largest absolute Gasteiger partial charge is 0.507 e. The van der Waals surface area contributed by atoms with Gasteiger partial charge in [-0.1, -0.05) is 12.1 Å². The van der Waals surface area contributed by atoms with Gasteiger partial charge in [0.15, 0.2) is 0 Å². The molecule has 1 unspecified atom stereocenters. The van der Waals surface area contributed by atoms with Crippen LogP contribution in [0.2, 0.25) is 0 Å². The number of carbonyl (C=O) groups is 1. The van der Waals surface area contributed by atoms with Crippen molar-refractivity contribution in [2.45, 2.75) is 18.9 Å². The van der Waals surface area contributed by atoms with Gasteiger partial charge < -0.3 is 9.84 Å². The number of phenols is 1. The van der Waals surface area contributed by atoms with E-state index < -0.39 is 6.04 Å². The van der Waals surface area contributed by atoms with Gasteiger partial charge in [0.25, 0.3) is 0 Å². The maximum atomic E-state index is 11.3. The van der Waals surface area contributed by atoms with Crippen molar-refractivity contribution in [1.82, 2.24) is 0 Å². The van der Waals surface area contributed by atoms with Gasteiger partial charge in [0.05, 0.1) is 7.11 Å². The zero-order valence-corrected chi connectivity index (χ0v) is 9.01. The Morgan fingerprint density at radius 3 is 2.94 bits per heavy atom. The third-order valence-electron chi connectivity index (χ3n) is 2.65. The van der Waals surface area contributed by atoms with Crippen LogP contribution < -0.4 is 0 Å².